The van der Waals surface area contributed by atoms with Gasteiger partial charge < -0.3 is 14.1 Å². The molecule has 0 aliphatic heterocycles. The molecule has 0 N–H and O–H groups in total. The molecule has 0 aliphatic carbocycles. The van der Waals surface area contributed by atoms with Crippen LogP contribution in [0.4, 0.5) is 0 Å². The van der Waals surface area contributed by atoms with Crippen LogP contribution in [-0.4, -0.2) is 0 Å². The quantitative estimate of drug-likeness (QED) is 0.301. The van der Waals surface area contributed by atoms with Gasteiger partial charge in [0.15, 0.2) is 0 Å². The molecule has 0 aromatic heterocycles. The molecule has 1 radical (unpaired) electrons. The molecule has 0 fully saturated rings. The molecular formula is F3KMn. The Morgan fingerprint density at radius 1 is 0.600 bits per heavy atom. The molecule has 0 heterocycles. The van der Waals surface area contributed by atoms with Crippen LogP contribution < -0.4 is 65.5 Å². The van der Waals surface area contributed by atoms with Crippen LogP contribution in [0.3, 0.4) is 0 Å². The van der Waals surface area contributed by atoms with Crippen molar-refractivity contribution >= 4 is 0 Å². The Bertz CT molecular complexity index is 6.85. The molecule has 0 bridgehead atoms. The third-order valence-corrected chi connectivity index (χ3v) is 0. The van der Waals surface area contributed by atoms with Crippen molar-refractivity contribution in [3.05, 3.63) is 0 Å². The average molecular weight is 151 g/mol. The first kappa shape index (κ1) is 64.9. The van der Waals surface area contributed by atoms with Gasteiger partial charge in [-0.2, -0.15) is 0 Å². The summed E-state index contributed by atoms with van der Waals surface area (Å²) in [5, 5.41) is 0. The van der Waals surface area contributed by atoms with E-state index < -0.39 is 0 Å². The average Bonchev–Trinajstić information content (AvgIpc) is 0. The van der Waals surface area contributed by atoms with Crippen molar-refractivity contribution in [1.82, 2.24) is 0 Å². The summed E-state index contributed by atoms with van der Waals surface area (Å²) >= 11 is 0. The molecule has 0 nitrogen and oxygen atoms in total. The van der Waals surface area contributed by atoms with Gasteiger partial charge in [0.25, 0.3) is 0 Å². The third-order valence-electron chi connectivity index (χ3n) is 0. The van der Waals surface area contributed by atoms with E-state index in [1.54, 1.807) is 0 Å². The second-order valence-corrected chi connectivity index (χ2v) is 0. The van der Waals surface area contributed by atoms with E-state index in [9.17, 15) is 0 Å². The summed E-state index contributed by atoms with van der Waals surface area (Å²) in [4.78, 5) is 0. The maximum absolute atomic E-state index is 0. The summed E-state index contributed by atoms with van der Waals surface area (Å²) in [6, 6.07) is 0. The van der Waals surface area contributed by atoms with Gasteiger partial charge in [-0.1, -0.05) is 0 Å². The van der Waals surface area contributed by atoms with Gasteiger partial charge in [0, 0.05) is 0 Å². The third kappa shape index (κ3) is 24.4. The van der Waals surface area contributed by atoms with Crippen molar-refractivity contribution in [2.75, 3.05) is 0 Å². The van der Waals surface area contributed by atoms with Crippen LogP contribution in [0.15, 0.2) is 0 Å². The van der Waals surface area contributed by atoms with Crippen LogP contribution in [0.5, 0.6) is 0 Å². The van der Waals surface area contributed by atoms with Crippen molar-refractivity contribution in [2.45, 2.75) is 0 Å². The van der Waals surface area contributed by atoms with Crippen molar-refractivity contribution < 1.29 is 82.6 Å². The maximum atomic E-state index is 0. The summed E-state index contributed by atoms with van der Waals surface area (Å²) < 4.78 is 0. The molecule has 0 spiro atoms. The largest absolute Gasteiger partial charge is 2.00 e. The van der Waals surface area contributed by atoms with Crippen molar-refractivity contribution in [3.8, 4) is 0 Å². The molecule has 5 heavy (non-hydrogen) atoms. The summed E-state index contributed by atoms with van der Waals surface area (Å²) in [5.41, 5.74) is 0. The van der Waals surface area contributed by atoms with Gasteiger partial charge in [0.1, 0.15) is 0 Å². The molecule has 0 aliphatic rings. The fourth-order valence-electron chi connectivity index (χ4n) is 0. The van der Waals surface area contributed by atoms with E-state index in [1.807, 2.05) is 0 Å². The fourth-order valence-corrected chi connectivity index (χ4v) is 0. The minimum absolute atomic E-state index is 0. The molecule has 0 unspecified atom stereocenters. The van der Waals surface area contributed by atoms with Gasteiger partial charge in [-0.05, 0) is 0 Å². The predicted octanol–water partition coefficient (Wildman–Crippen LogP) is -12.0. The first-order chi connectivity index (χ1) is 0. The molecule has 0 atom stereocenters. The van der Waals surface area contributed by atoms with E-state index in [2.05, 4.69) is 0 Å². The topological polar surface area (TPSA) is 0 Å². The number of hydrogen-bond acceptors (Lipinski definition) is 0. The van der Waals surface area contributed by atoms with Crippen molar-refractivity contribution in [1.29, 1.82) is 0 Å². The summed E-state index contributed by atoms with van der Waals surface area (Å²) in [6.07, 6.45) is 0. The molecular weight excluding hydrogens is 151 g/mol. The van der Waals surface area contributed by atoms with E-state index >= 15 is 0 Å². The van der Waals surface area contributed by atoms with Crippen LogP contribution in [-0.2, 0) is 17.1 Å². The first-order valence-corrected chi connectivity index (χ1v) is 0. The van der Waals surface area contributed by atoms with Gasteiger partial charge in [0.05, 0.1) is 0 Å². The van der Waals surface area contributed by atoms with Crippen molar-refractivity contribution in [2.24, 2.45) is 0 Å². The van der Waals surface area contributed by atoms with Crippen LogP contribution in [0.25, 0.3) is 0 Å². The molecule has 0 aromatic rings. The maximum Gasteiger partial charge on any atom is 2.00 e. The van der Waals surface area contributed by atoms with Crippen LogP contribution >= 0.6 is 0 Å². The zero-order chi connectivity index (χ0) is 0. The zero-order valence-electron chi connectivity index (χ0n) is 2.51. The standard InChI is InChI=1S/3FH.K.Mn/h3*1H;;/q;;;+1;+2/p-3. The molecule has 0 saturated heterocycles. The molecule has 29 valence electrons. The minimum Gasteiger partial charge on any atom is -1.00 e. The van der Waals surface area contributed by atoms with Crippen LogP contribution in [0, 0.1) is 0 Å². The van der Waals surface area contributed by atoms with E-state index in [1.165, 1.54) is 0 Å². The summed E-state index contributed by atoms with van der Waals surface area (Å²) in [6.45, 7) is 0. The number of hydrogen-bond donors (Lipinski definition) is 0. The SMILES string of the molecule is [F-].[F-].[F-].[K+].[Mn+2]. The summed E-state index contributed by atoms with van der Waals surface area (Å²) in [5.74, 6) is 0. The molecule has 0 aromatic carbocycles. The van der Waals surface area contributed by atoms with Gasteiger partial charge in [-0.15, -0.1) is 0 Å². The molecule has 0 saturated carbocycles. The normalized spacial score (nSPS) is 0. The first-order valence-electron chi connectivity index (χ1n) is 0. The number of halogens is 3. The minimum atomic E-state index is 0. The van der Waals surface area contributed by atoms with Crippen LogP contribution in [0.2, 0.25) is 0 Å². The van der Waals surface area contributed by atoms with E-state index in [0.717, 1.165) is 0 Å². The van der Waals surface area contributed by atoms with Gasteiger partial charge >= 0.3 is 68.5 Å². The zero-order valence-corrected chi connectivity index (χ0v) is 6.82. The Balaban J connectivity index is 0. The van der Waals surface area contributed by atoms with E-state index in [4.69, 9.17) is 0 Å². The second kappa shape index (κ2) is 38.4. The molecule has 5 heteroatoms. The van der Waals surface area contributed by atoms with E-state index in [0.29, 0.717) is 0 Å². The monoisotopic (exact) mass is 151 g/mol. The molecule has 0 amide bonds. The second-order valence-electron chi connectivity index (χ2n) is 0. The van der Waals surface area contributed by atoms with Gasteiger partial charge in [0.2, 0.25) is 0 Å². The fraction of sp³-hybridized carbons (Fsp3) is 0. The Kier molecular flexibility index (Phi) is 498. The van der Waals surface area contributed by atoms with E-state index in [-0.39, 0.29) is 82.6 Å². The predicted molar refractivity (Wildman–Crippen MR) is 0 cm³/mol. The number of rotatable bonds is 0. The van der Waals surface area contributed by atoms with Crippen molar-refractivity contribution in [3.63, 3.8) is 0 Å². The summed E-state index contributed by atoms with van der Waals surface area (Å²) in [7, 11) is 0. The smallest absolute Gasteiger partial charge is 1.00 e. The Hall–Kier alpha value is 1.95. The molecule has 0 rings (SSSR count). The Labute approximate surface area is 81.1 Å². The van der Waals surface area contributed by atoms with Crippen LogP contribution in [0.1, 0.15) is 0 Å². The van der Waals surface area contributed by atoms with Gasteiger partial charge in [-0.3, -0.25) is 0 Å². The van der Waals surface area contributed by atoms with Gasteiger partial charge in [-0.25, -0.2) is 0 Å². The Morgan fingerprint density at radius 3 is 0.600 bits per heavy atom. The Morgan fingerprint density at radius 2 is 0.600 bits per heavy atom.